The average molecular weight is 503 g/mol. The van der Waals surface area contributed by atoms with Crippen LogP contribution in [-0.2, 0) is 0 Å². The molecular weight excluding hydrogens is 480 g/mol. The summed E-state index contributed by atoms with van der Waals surface area (Å²) in [7, 11) is 0. The highest BCUT2D eigenvalue weighted by atomic mass is 16.3. The number of fused-ring (bicyclic) bond motifs is 10. The summed E-state index contributed by atoms with van der Waals surface area (Å²) in [4.78, 5) is 0. The number of aromatic nitrogens is 1. The molecule has 0 radical (unpaired) electrons. The summed E-state index contributed by atoms with van der Waals surface area (Å²) in [6.45, 7) is 0.791. The van der Waals surface area contributed by atoms with Crippen molar-refractivity contribution in [1.29, 1.82) is 0 Å². The number of benzene rings is 5. The van der Waals surface area contributed by atoms with E-state index >= 15 is 0 Å². The Morgan fingerprint density at radius 1 is 0.641 bits per heavy atom. The van der Waals surface area contributed by atoms with E-state index in [2.05, 4.69) is 107 Å². The van der Waals surface area contributed by atoms with Crippen molar-refractivity contribution in [3.8, 4) is 5.69 Å². The fraction of sp³-hybridized carbons (Fsp3) is 0.0286. The van der Waals surface area contributed by atoms with Crippen LogP contribution in [0.3, 0.4) is 0 Å². The van der Waals surface area contributed by atoms with Gasteiger partial charge in [-0.25, -0.2) is 0 Å². The van der Waals surface area contributed by atoms with Gasteiger partial charge in [-0.05, 0) is 59.1 Å². The van der Waals surface area contributed by atoms with Crippen LogP contribution in [0.2, 0.25) is 0 Å². The Kier molecular flexibility index (Phi) is 4.08. The fourth-order valence-corrected chi connectivity index (χ4v) is 6.43. The molecule has 184 valence electrons. The predicted octanol–water partition coefficient (Wildman–Crippen LogP) is 9.08. The highest BCUT2D eigenvalue weighted by molar-refractivity contribution is 6.24. The van der Waals surface area contributed by atoms with Gasteiger partial charge in [0.1, 0.15) is 22.3 Å². The molecule has 5 aromatic carbocycles. The van der Waals surface area contributed by atoms with Crippen molar-refractivity contribution >= 4 is 71.3 Å². The Hall–Kier alpha value is -5.22. The number of nitrogens with zero attached hydrogens (tertiary/aromatic N) is 1. The second-order valence-electron chi connectivity index (χ2n) is 10.2. The standard InChI is InChI=1S/C35H22N2O2/c1-2-11-24-23(10-1)28(19-31-33(24)32-22(14-7-17-30(32)38-31)21-9-8-18-36-20-21)37-27-15-5-3-12-25(27)35-34(37)26-13-4-6-16-29(26)39-35/h1-19,36H,20H2. The molecule has 0 aliphatic carbocycles. The molecule has 9 rings (SSSR count). The lowest BCUT2D eigenvalue weighted by atomic mass is 9.95. The third-order valence-electron chi connectivity index (χ3n) is 8.06. The zero-order chi connectivity index (χ0) is 25.5. The SMILES string of the molecule is C1=CNCC(c2cccc3oc4cc(-n5c6ccccc6c6oc7ccccc7c65)c5ccccc5c4c23)=C1. The summed E-state index contributed by atoms with van der Waals surface area (Å²) in [6, 6.07) is 34.0. The Balaban J connectivity index is 1.47. The van der Waals surface area contributed by atoms with E-state index in [0.717, 1.165) is 67.1 Å². The zero-order valence-electron chi connectivity index (χ0n) is 20.9. The topological polar surface area (TPSA) is 43.2 Å². The Morgan fingerprint density at radius 3 is 2.28 bits per heavy atom. The van der Waals surface area contributed by atoms with Crippen LogP contribution in [0, 0.1) is 0 Å². The van der Waals surface area contributed by atoms with Crippen molar-refractivity contribution in [3.63, 3.8) is 0 Å². The van der Waals surface area contributed by atoms with Crippen molar-refractivity contribution in [2.45, 2.75) is 0 Å². The number of allylic oxidation sites excluding steroid dienone is 2. The van der Waals surface area contributed by atoms with Crippen LogP contribution in [0.4, 0.5) is 0 Å². The van der Waals surface area contributed by atoms with Crippen molar-refractivity contribution in [3.05, 3.63) is 121 Å². The molecule has 0 saturated carbocycles. The van der Waals surface area contributed by atoms with E-state index in [1.165, 1.54) is 21.9 Å². The van der Waals surface area contributed by atoms with Crippen LogP contribution in [0.5, 0.6) is 0 Å². The lowest BCUT2D eigenvalue weighted by Crippen LogP contribution is -2.11. The van der Waals surface area contributed by atoms with Gasteiger partial charge in [0.2, 0.25) is 0 Å². The fourth-order valence-electron chi connectivity index (χ4n) is 6.43. The summed E-state index contributed by atoms with van der Waals surface area (Å²) < 4.78 is 15.4. The van der Waals surface area contributed by atoms with E-state index in [-0.39, 0.29) is 0 Å². The van der Waals surface area contributed by atoms with Gasteiger partial charge in [-0.1, -0.05) is 66.7 Å². The maximum absolute atomic E-state index is 6.62. The van der Waals surface area contributed by atoms with Crippen molar-refractivity contribution < 1.29 is 8.83 Å². The van der Waals surface area contributed by atoms with Gasteiger partial charge in [0, 0.05) is 39.5 Å². The maximum Gasteiger partial charge on any atom is 0.161 e. The summed E-state index contributed by atoms with van der Waals surface area (Å²) in [5.41, 5.74) is 9.32. The second kappa shape index (κ2) is 7.65. The normalized spacial score (nSPS) is 13.8. The highest BCUT2D eigenvalue weighted by Gasteiger charge is 2.23. The molecule has 0 spiro atoms. The summed E-state index contributed by atoms with van der Waals surface area (Å²) in [6.07, 6.45) is 6.24. The third kappa shape index (κ3) is 2.78. The number of furan rings is 2. The maximum atomic E-state index is 6.62. The number of hydrogen-bond acceptors (Lipinski definition) is 3. The first-order chi connectivity index (χ1) is 19.4. The molecule has 0 fully saturated rings. The van der Waals surface area contributed by atoms with Gasteiger partial charge in [-0.2, -0.15) is 0 Å². The van der Waals surface area contributed by atoms with Gasteiger partial charge in [0.05, 0.1) is 11.2 Å². The molecule has 4 heteroatoms. The predicted molar refractivity (Wildman–Crippen MR) is 160 cm³/mol. The van der Waals surface area contributed by atoms with E-state index in [1.54, 1.807) is 0 Å². The lowest BCUT2D eigenvalue weighted by Gasteiger charge is -2.14. The molecule has 1 N–H and O–H groups in total. The average Bonchev–Trinajstić information content (AvgIpc) is 3.66. The van der Waals surface area contributed by atoms with Gasteiger partial charge in [-0.3, -0.25) is 0 Å². The summed E-state index contributed by atoms with van der Waals surface area (Å²) in [5.74, 6) is 0. The summed E-state index contributed by atoms with van der Waals surface area (Å²) >= 11 is 0. The molecule has 0 bridgehead atoms. The minimum Gasteiger partial charge on any atom is -0.456 e. The monoisotopic (exact) mass is 502 g/mol. The largest absolute Gasteiger partial charge is 0.456 e. The molecule has 0 saturated heterocycles. The quantitative estimate of drug-likeness (QED) is 0.256. The summed E-state index contributed by atoms with van der Waals surface area (Å²) in [5, 5.41) is 10.2. The van der Waals surface area contributed by atoms with E-state index < -0.39 is 0 Å². The molecule has 1 aliphatic heterocycles. The molecule has 4 nitrogen and oxygen atoms in total. The van der Waals surface area contributed by atoms with Crippen molar-refractivity contribution in [1.82, 2.24) is 9.88 Å². The molecule has 3 aromatic heterocycles. The number of dihydropyridines is 1. The van der Waals surface area contributed by atoms with E-state index in [0.29, 0.717) is 0 Å². The molecule has 0 atom stereocenters. The van der Waals surface area contributed by atoms with Gasteiger partial charge in [0.15, 0.2) is 5.58 Å². The van der Waals surface area contributed by atoms with Crippen LogP contribution in [0.1, 0.15) is 5.56 Å². The molecule has 4 heterocycles. The molecule has 8 aromatic rings. The van der Waals surface area contributed by atoms with Crippen molar-refractivity contribution in [2.75, 3.05) is 6.54 Å². The Labute approximate surface area is 223 Å². The number of hydrogen-bond donors (Lipinski definition) is 1. The minimum atomic E-state index is 0.791. The van der Waals surface area contributed by atoms with Gasteiger partial charge in [-0.15, -0.1) is 0 Å². The van der Waals surface area contributed by atoms with E-state index in [9.17, 15) is 0 Å². The smallest absolute Gasteiger partial charge is 0.161 e. The Bertz CT molecular complexity index is 2340. The first-order valence-corrected chi connectivity index (χ1v) is 13.2. The van der Waals surface area contributed by atoms with Gasteiger partial charge in [0.25, 0.3) is 0 Å². The van der Waals surface area contributed by atoms with E-state index in [1.807, 2.05) is 18.3 Å². The number of nitrogens with one attached hydrogen (secondary N) is 1. The van der Waals surface area contributed by atoms with Crippen molar-refractivity contribution in [2.24, 2.45) is 0 Å². The van der Waals surface area contributed by atoms with Crippen LogP contribution >= 0.6 is 0 Å². The molecule has 0 unspecified atom stereocenters. The number of para-hydroxylation sites is 2. The van der Waals surface area contributed by atoms with E-state index in [4.69, 9.17) is 8.83 Å². The number of rotatable bonds is 2. The first-order valence-electron chi connectivity index (χ1n) is 13.2. The van der Waals surface area contributed by atoms with Crippen LogP contribution in [0.25, 0.3) is 76.9 Å². The second-order valence-corrected chi connectivity index (χ2v) is 10.2. The minimum absolute atomic E-state index is 0.791. The van der Waals surface area contributed by atoms with Gasteiger partial charge < -0.3 is 18.7 Å². The highest BCUT2D eigenvalue weighted by Crippen LogP contribution is 2.44. The lowest BCUT2D eigenvalue weighted by molar-refractivity contribution is 0.668. The van der Waals surface area contributed by atoms with Gasteiger partial charge >= 0.3 is 0 Å². The molecular formula is C35H22N2O2. The van der Waals surface area contributed by atoms with Crippen LogP contribution in [0.15, 0.2) is 124 Å². The third-order valence-corrected chi connectivity index (χ3v) is 8.06. The van der Waals surface area contributed by atoms with Crippen LogP contribution in [-0.4, -0.2) is 11.1 Å². The molecule has 1 aliphatic rings. The zero-order valence-corrected chi connectivity index (χ0v) is 20.9. The molecule has 39 heavy (non-hydrogen) atoms. The van der Waals surface area contributed by atoms with Crippen LogP contribution < -0.4 is 5.32 Å². The molecule has 0 amide bonds. The first kappa shape index (κ1) is 20.8. The Morgan fingerprint density at radius 2 is 1.41 bits per heavy atom.